The van der Waals surface area contributed by atoms with Crippen molar-refractivity contribution >= 4 is 11.6 Å². The van der Waals surface area contributed by atoms with Crippen LogP contribution in [0.15, 0.2) is 18.2 Å². The van der Waals surface area contributed by atoms with Crippen LogP contribution in [0.3, 0.4) is 0 Å². The zero-order chi connectivity index (χ0) is 8.27. The molecule has 0 aromatic heterocycles. The molecule has 0 amide bonds. The van der Waals surface area contributed by atoms with Gasteiger partial charge in [-0.2, -0.15) is 10.5 Å². The molecule has 2 nitrogen and oxygen atoms in total. The van der Waals surface area contributed by atoms with E-state index in [1.807, 2.05) is 12.1 Å². The van der Waals surface area contributed by atoms with Gasteiger partial charge in [0.2, 0.25) is 0 Å². The number of rotatable bonds is 0. The fraction of sp³-hybridized carbons (Fsp3) is 0. The highest BCUT2D eigenvalue weighted by atomic mass is 35.5. The molecule has 0 fully saturated rings. The molecule has 0 radical (unpaired) electrons. The van der Waals surface area contributed by atoms with Gasteiger partial charge in [-0.1, -0.05) is 11.6 Å². The van der Waals surface area contributed by atoms with E-state index in [2.05, 4.69) is 0 Å². The SMILES string of the molecule is N#Cc1ccc(Cl)cc1C#N. The van der Waals surface area contributed by atoms with Crippen LogP contribution in [0.1, 0.15) is 11.1 Å². The van der Waals surface area contributed by atoms with Crippen molar-refractivity contribution in [3.8, 4) is 12.1 Å². The Morgan fingerprint density at radius 1 is 1.09 bits per heavy atom. The number of nitriles is 2. The first-order valence-electron chi connectivity index (χ1n) is 2.87. The molecule has 52 valence electrons. The highest BCUT2D eigenvalue weighted by molar-refractivity contribution is 6.30. The van der Waals surface area contributed by atoms with E-state index in [9.17, 15) is 0 Å². The first-order chi connectivity index (χ1) is 5.27. The first kappa shape index (κ1) is 7.60. The number of hydrogen-bond acceptors (Lipinski definition) is 2. The molecule has 0 aliphatic heterocycles. The largest absolute Gasteiger partial charge is 0.192 e. The highest BCUT2D eigenvalue weighted by Gasteiger charge is 1.99. The third-order valence-electron chi connectivity index (χ3n) is 1.22. The second-order valence-electron chi connectivity index (χ2n) is 1.91. The molecule has 11 heavy (non-hydrogen) atoms. The molecular formula is C8H3ClN2. The Morgan fingerprint density at radius 3 is 2.27 bits per heavy atom. The van der Waals surface area contributed by atoms with Gasteiger partial charge in [0.25, 0.3) is 0 Å². The van der Waals surface area contributed by atoms with Crippen LogP contribution in [0.2, 0.25) is 5.02 Å². The lowest BCUT2D eigenvalue weighted by Gasteiger charge is -1.92. The molecule has 0 bridgehead atoms. The van der Waals surface area contributed by atoms with Gasteiger partial charge in [0, 0.05) is 5.02 Å². The summed E-state index contributed by atoms with van der Waals surface area (Å²) in [4.78, 5) is 0. The standard InChI is InChI=1S/C8H3ClN2/c9-8-2-1-6(4-10)7(3-8)5-11/h1-3H. The van der Waals surface area contributed by atoms with E-state index in [1.165, 1.54) is 12.1 Å². The monoisotopic (exact) mass is 162 g/mol. The summed E-state index contributed by atoms with van der Waals surface area (Å²) in [5.74, 6) is 0. The summed E-state index contributed by atoms with van der Waals surface area (Å²) in [5, 5.41) is 17.5. The second kappa shape index (κ2) is 3.05. The quantitative estimate of drug-likeness (QED) is 0.587. The molecule has 0 aliphatic carbocycles. The molecule has 0 aliphatic rings. The smallest absolute Gasteiger partial charge is 0.101 e. The minimum absolute atomic E-state index is 0.319. The third-order valence-corrected chi connectivity index (χ3v) is 1.46. The van der Waals surface area contributed by atoms with Crippen molar-refractivity contribution < 1.29 is 0 Å². The van der Waals surface area contributed by atoms with Crippen molar-refractivity contribution in [2.24, 2.45) is 0 Å². The van der Waals surface area contributed by atoms with Gasteiger partial charge in [-0.15, -0.1) is 0 Å². The van der Waals surface area contributed by atoms with Crippen molar-refractivity contribution in [1.82, 2.24) is 0 Å². The lowest BCUT2D eigenvalue weighted by atomic mass is 10.1. The van der Waals surface area contributed by atoms with Crippen LogP contribution in [0.4, 0.5) is 0 Å². The Balaban J connectivity index is 3.34. The summed E-state index contributed by atoms with van der Waals surface area (Å²) >= 11 is 5.59. The Bertz CT molecular complexity index is 357. The third kappa shape index (κ3) is 1.49. The number of nitrogens with zero attached hydrogens (tertiary/aromatic N) is 2. The zero-order valence-electron chi connectivity index (χ0n) is 5.50. The van der Waals surface area contributed by atoms with E-state index < -0.39 is 0 Å². The van der Waals surface area contributed by atoms with Crippen molar-refractivity contribution in [3.05, 3.63) is 34.3 Å². The average molecular weight is 163 g/mol. The molecule has 0 saturated heterocycles. The molecule has 3 heteroatoms. The second-order valence-corrected chi connectivity index (χ2v) is 2.35. The van der Waals surface area contributed by atoms with Crippen molar-refractivity contribution in [2.75, 3.05) is 0 Å². The van der Waals surface area contributed by atoms with Gasteiger partial charge in [-0.3, -0.25) is 0 Å². The maximum Gasteiger partial charge on any atom is 0.101 e. The van der Waals surface area contributed by atoms with Gasteiger partial charge >= 0.3 is 0 Å². The van der Waals surface area contributed by atoms with Crippen LogP contribution in [0.25, 0.3) is 0 Å². The molecular weight excluding hydrogens is 160 g/mol. The molecule has 0 heterocycles. The Kier molecular flexibility index (Phi) is 2.11. The molecule has 0 spiro atoms. The first-order valence-corrected chi connectivity index (χ1v) is 3.25. The number of halogens is 1. The normalized spacial score (nSPS) is 8.27. The maximum absolute atomic E-state index is 8.51. The van der Waals surface area contributed by atoms with Gasteiger partial charge < -0.3 is 0 Å². The van der Waals surface area contributed by atoms with Crippen LogP contribution in [0.5, 0.6) is 0 Å². The van der Waals surface area contributed by atoms with E-state index in [-0.39, 0.29) is 0 Å². The van der Waals surface area contributed by atoms with Gasteiger partial charge in [-0.25, -0.2) is 0 Å². The van der Waals surface area contributed by atoms with Crippen molar-refractivity contribution in [1.29, 1.82) is 10.5 Å². The van der Waals surface area contributed by atoms with Gasteiger partial charge in [0.15, 0.2) is 0 Å². The topological polar surface area (TPSA) is 47.6 Å². The minimum Gasteiger partial charge on any atom is -0.192 e. The van der Waals surface area contributed by atoms with Gasteiger partial charge in [0.05, 0.1) is 11.1 Å². The minimum atomic E-state index is 0.319. The summed E-state index contributed by atoms with van der Waals surface area (Å²) in [5.41, 5.74) is 0.678. The predicted octanol–water partition coefficient (Wildman–Crippen LogP) is 2.08. The Hall–Kier alpha value is -1.51. The van der Waals surface area contributed by atoms with E-state index in [1.54, 1.807) is 6.07 Å². The zero-order valence-corrected chi connectivity index (χ0v) is 6.26. The van der Waals surface area contributed by atoms with Crippen molar-refractivity contribution in [3.63, 3.8) is 0 Å². The molecule has 0 N–H and O–H groups in total. The molecule has 1 aromatic carbocycles. The average Bonchev–Trinajstić information content (AvgIpc) is 2.04. The van der Waals surface area contributed by atoms with E-state index in [0.717, 1.165) is 0 Å². The maximum atomic E-state index is 8.51. The fourth-order valence-corrected chi connectivity index (χ4v) is 0.879. The highest BCUT2D eigenvalue weighted by Crippen LogP contribution is 2.13. The fourth-order valence-electron chi connectivity index (χ4n) is 0.706. The van der Waals surface area contributed by atoms with E-state index in [4.69, 9.17) is 22.1 Å². The summed E-state index contributed by atoms with van der Waals surface area (Å²) in [6.07, 6.45) is 0. The van der Waals surface area contributed by atoms with Crippen LogP contribution in [0, 0.1) is 22.7 Å². The lowest BCUT2D eigenvalue weighted by Crippen LogP contribution is -1.81. The van der Waals surface area contributed by atoms with Crippen LogP contribution in [-0.2, 0) is 0 Å². The van der Waals surface area contributed by atoms with Crippen LogP contribution < -0.4 is 0 Å². The predicted molar refractivity (Wildman–Crippen MR) is 40.9 cm³/mol. The molecule has 0 unspecified atom stereocenters. The lowest BCUT2D eigenvalue weighted by molar-refractivity contribution is 1.43. The summed E-state index contributed by atoms with van der Waals surface area (Å²) < 4.78 is 0. The molecule has 1 rings (SSSR count). The number of hydrogen-bond donors (Lipinski definition) is 0. The van der Waals surface area contributed by atoms with Gasteiger partial charge in [0.1, 0.15) is 12.1 Å². The van der Waals surface area contributed by atoms with E-state index in [0.29, 0.717) is 16.1 Å². The molecule has 0 atom stereocenters. The van der Waals surface area contributed by atoms with Gasteiger partial charge in [-0.05, 0) is 18.2 Å². The van der Waals surface area contributed by atoms with Crippen molar-refractivity contribution in [2.45, 2.75) is 0 Å². The van der Waals surface area contributed by atoms with Crippen LogP contribution in [-0.4, -0.2) is 0 Å². The number of benzene rings is 1. The molecule has 0 saturated carbocycles. The van der Waals surface area contributed by atoms with E-state index >= 15 is 0 Å². The molecule has 1 aromatic rings. The summed E-state index contributed by atoms with van der Waals surface area (Å²) in [7, 11) is 0. The van der Waals surface area contributed by atoms with Crippen LogP contribution >= 0.6 is 11.6 Å². The summed E-state index contributed by atoms with van der Waals surface area (Å²) in [6, 6.07) is 8.36. The summed E-state index contributed by atoms with van der Waals surface area (Å²) in [6.45, 7) is 0. The Labute approximate surface area is 69.2 Å². The Morgan fingerprint density at radius 2 is 1.73 bits per heavy atom.